The molecule has 1 heterocycles. The van der Waals surface area contributed by atoms with E-state index >= 15 is 0 Å². The molecule has 122 valence electrons. The molecule has 5 nitrogen and oxygen atoms in total. The van der Waals surface area contributed by atoms with Crippen LogP contribution >= 0.6 is 24.8 Å². The first-order valence-electron chi connectivity index (χ1n) is 6.50. The number of halogens is 2. The molecule has 0 unspecified atom stereocenters. The topological polar surface area (TPSA) is 43.0 Å². The van der Waals surface area contributed by atoms with E-state index in [0.29, 0.717) is 17.2 Å². The number of hydrogen-bond donors (Lipinski definition) is 1. The van der Waals surface area contributed by atoms with Crippen LogP contribution in [0.1, 0.15) is 5.56 Å². The second kappa shape index (κ2) is 9.95. The Morgan fingerprint density at radius 2 is 1.48 bits per heavy atom. The van der Waals surface area contributed by atoms with Gasteiger partial charge in [0, 0.05) is 32.7 Å². The largest absolute Gasteiger partial charge is 0.493 e. The summed E-state index contributed by atoms with van der Waals surface area (Å²) in [5, 5.41) is 3.35. The van der Waals surface area contributed by atoms with E-state index in [2.05, 4.69) is 10.2 Å². The molecule has 1 saturated heterocycles. The van der Waals surface area contributed by atoms with Crippen molar-refractivity contribution in [1.82, 2.24) is 10.2 Å². The third-order valence-corrected chi connectivity index (χ3v) is 3.34. The highest BCUT2D eigenvalue weighted by Crippen LogP contribution is 2.38. The van der Waals surface area contributed by atoms with E-state index in [-0.39, 0.29) is 24.8 Å². The molecule has 0 atom stereocenters. The molecule has 0 amide bonds. The van der Waals surface area contributed by atoms with Crippen LogP contribution < -0.4 is 19.5 Å². The highest BCUT2D eigenvalue weighted by molar-refractivity contribution is 5.85. The van der Waals surface area contributed by atoms with Gasteiger partial charge in [0.15, 0.2) is 11.5 Å². The van der Waals surface area contributed by atoms with Gasteiger partial charge in [-0.1, -0.05) is 0 Å². The maximum Gasteiger partial charge on any atom is 0.203 e. The van der Waals surface area contributed by atoms with E-state index in [0.717, 1.165) is 32.7 Å². The Labute approximate surface area is 138 Å². The highest BCUT2D eigenvalue weighted by Gasteiger charge is 2.16. The van der Waals surface area contributed by atoms with Gasteiger partial charge < -0.3 is 19.5 Å². The van der Waals surface area contributed by atoms with Gasteiger partial charge in [0.25, 0.3) is 0 Å². The van der Waals surface area contributed by atoms with E-state index in [1.54, 1.807) is 21.3 Å². The van der Waals surface area contributed by atoms with Crippen LogP contribution in [0.4, 0.5) is 0 Å². The molecule has 1 aromatic carbocycles. The van der Waals surface area contributed by atoms with Crippen molar-refractivity contribution in [2.24, 2.45) is 0 Å². The Balaban J connectivity index is 0.00000200. The van der Waals surface area contributed by atoms with Gasteiger partial charge in [-0.25, -0.2) is 0 Å². The second-order valence-electron chi connectivity index (χ2n) is 4.56. The van der Waals surface area contributed by atoms with Crippen LogP contribution in [-0.4, -0.2) is 52.4 Å². The summed E-state index contributed by atoms with van der Waals surface area (Å²) in [5.41, 5.74) is 1.18. The van der Waals surface area contributed by atoms with Gasteiger partial charge >= 0.3 is 0 Å². The third kappa shape index (κ3) is 5.11. The Morgan fingerprint density at radius 1 is 0.952 bits per heavy atom. The number of ether oxygens (including phenoxy) is 3. The minimum atomic E-state index is 0. The fraction of sp³-hybridized carbons (Fsp3) is 0.571. The van der Waals surface area contributed by atoms with Gasteiger partial charge in [0.05, 0.1) is 21.3 Å². The zero-order chi connectivity index (χ0) is 13.7. The minimum absolute atomic E-state index is 0. The van der Waals surface area contributed by atoms with Crippen molar-refractivity contribution in [3.05, 3.63) is 17.7 Å². The quantitative estimate of drug-likeness (QED) is 0.888. The molecular weight excluding hydrogens is 315 g/mol. The number of rotatable bonds is 5. The maximum absolute atomic E-state index is 5.37. The molecule has 1 aliphatic rings. The lowest BCUT2D eigenvalue weighted by Crippen LogP contribution is -2.42. The summed E-state index contributed by atoms with van der Waals surface area (Å²) in [6, 6.07) is 4.03. The molecule has 0 bridgehead atoms. The molecule has 1 aromatic rings. The van der Waals surface area contributed by atoms with E-state index in [9.17, 15) is 0 Å². The Hall–Kier alpha value is -0.880. The molecule has 0 saturated carbocycles. The van der Waals surface area contributed by atoms with Crippen molar-refractivity contribution in [2.75, 3.05) is 47.5 Å². The van der Waals surface area contributed by atoms with Crippen molar-refractivity contribution in [1.29, 1.82) is 0 Å². The molecule has 0 aliphatic carbocycles. The summed E-state index contributed by atoms with van der Waals surface area (Å²) in [6.07, 6.45) is 0. The summed E-state index contributed by atoms with van der Waals surface area (Å²) >= 11 is 0. The first kappa shape index (κ1) is 20.1. The number of nitrogens with one attached hydrogen (secondary N) is 1. The average Bonchev–Trinajstić information content (AvgIpc) is 2.47. The van der Waals surface area contributed by atoms with Crippen LogP contribution in [0, 0.1) is 0 Å². The van der Waals surface area contributed by atoms with Crippen LogP contribution in [0.5, 0.6) is 17.2 Å². The Morgan fingerprint density at radius 3 is 1.90 bits per heavy atom. The van der Waals surface area contributed by atoms with Crippen LogP contribution in [0.2, 0.25) is 0 Å². The van der Waals surface area contributed by atoms with Crippen LogP contribution in [0.3, 0.4) is 0 Å². The smallest absolute Gasteiger partial charge is 0.203 e. The molecule has 0 spiro atoms. The van der Waals surface area contributed by atoms with E-state index in [4.69, 9.17) is 14.2 Å². The summed E-state index contributed by atoms with van der Waals surface area (Å²) in [6.45, 7) is 5.13. The molecule has 1 aliphatic heterocycles. The monoisotopic (exact) mass is 338 g/mol. The first-order valence-corrected chi connectivity index (χ1v) is 6.50. The van der Waals surface area contributed by atoms with Crippen molar-refractivity contribution >= 4 is 24.8 Å². The third-order valence-electron chi connectivity index (χ3n) is 3.34. The fourth-order valence-electron chi connectivity index (χ4n) is 2.35. The summed E-state index contributed by atoms with van der Waals surface area (Å²) in [7, 11) is 4.91. The number of benzene rings is 1. The van der Waals surface area contributed by atoms with Crippen LogP contribution in [-0.2, 0) is 6.54 Å². The molecule has 1 N–H and O–H groups in total. The number of hydrogen-bond acceptors (Lipinski definition) is 5. The Bertz CT molecular complexity index is 402. The lowest BCUT2D eigenvalue weighted by molar-refractivity contribution is 0.232. The first-order chi connectivity index (χ1) is 9.28. The molecule has 21 heavy (non-hydrogen) atoms. The summed E-state index contributed by atoms with van der Waals surface area (Å²) in [5.74, 6) is 2.08. The lowest BCUT2D eigenvalue weighted by Gasteiger charge is -2.27. The van der Waals surface area contributed by atoms with E-state index in [1.807, 2.05) is 12.1 Å². The van der Waals surface area contributed by atoms with Crippen molar-refractivity contribution in [3.8, 4) is 17.2 Å². The number of nitrogens with zero attached hydrogens (tertiary/aromatic N) is 1. The molecular formula is C14H24Cl2N2O3. The van der Waals surface area contributed by atoms with Gasteiger partial charge in [0.2, 0.25) is 5.75 Å². The van der Waals surface area contributed by atoms with Gasteiger partial charge in [-0.2, -0.15) is 0 Å². The van der Waals surface area contributed by atoms with Gasteiger partial charge in [0.1, 0.15) is 0 Å². The summed E-state index contributed by atoms with van der Waals surface area (Å²) in [4.78, 5) is 2.41. The lowest BCUT2D eigenvalue weighted by atomic mass is 10.1. The predicted octanol–water partition coefficient (Wildman–Crippen LogP) is 1.96. The van der Waals surface area contributed by atoms with Crippen molar-refractivity contribution in [3.63, 3.8) is 0 Å². The van der Waals surface area contributed by atoms with Gasteiger partial charge in [-0.3, -0.25) is 4.90 Å². The minimum Gasteiger partial charge on any atom is -0.493 e. The zero-order valence-corrected chi connectivity index (χ0v) is 14.3. The van der Waals surface area contributed by atoms with Crippen LogP contribution in [0.15, 0.2) is 12.1 Å². The van der Waals surface area contributed by atoms with Crippen molar-refractivity contribution in [2.45, 2.75) is 6.54 Å². The maximum atomic E-state index is 5.37. The normalized spacial score (nSPS) is 14.6. The van der Waals surface area contributed by atoms with E-state index in [1.165, 1.54) is 5.56 Å². The molecule has 1 fully saturated rings. The molecule has 2 rings (SSSR count). The number of piperazine rings is 1. The average molecular weight is 339 g/mol. The fourth-order valence-corrected chi connectivity index (χ4v) is 2.35. The van der Waals surface area contributed by atoms with Gasteiger partial charge in [-0.15, -0.1) is 24.8 Å². The molecule has 7 heteroatoms. The van der Waals surface area contributed by atoms with E-state index < -0.39 is 0 Å². The SMILES string of the molecule is COc1cc(CN2CCNCC2)cc(OC)c1OC.Cl.Cl. The van der Waals surface area contributed by atoms with Crippen LogP contribution in [0.25, 0.3) is 0 Å². The molecule has 0 aromatic heterocycles. The summed E-state index contributed by atoms with van der Waals surface area (Å²) < 4.78 is 16.1. The van der Waals surface area contributed by atoms with Gasteiger partial charge in [-0.05, 0) is 17.7 Å². The molecule has 0 radical (unpaired) electrons. The van der Waals surface area contributed by atoms with Crippen molar-refractivity contribution < 1.29 is 14.2 Å². The predicted molar refractivity (Wildman–Crippen MR) is 88.7 cm³/mol. The standard InChI is InChI=1S/C14H22N2O3.2ClH/c1-17-12-8-11(9-13(18-2)14(12)19-3)10-16-6-4-15-5-7-16;;/h8-9,15H,4-7,10H2,1-3H3;2*1H. The number of methoxy groups -OCH3 is 3. The Kier molecular flexibility index (Phi) is 9.53. The highest BCUT2D eigenvalue weighted by atomic mass is 35.5. The zero-order valence-electron chi connectivity index (χ0n) is 12.7. The second-order valence-corrected chi connectivity index (χ2v) is 4.56.